The topological polar surface area (TPSA) is 36.9 Å². The van der Waals surface area contributed by atoms with Gasteiger partial charge in [-0.1, -0.05) is 0 Å². The van der Waals surface area contributed by atoms with Gasteiger partial charge in [-0.25, -0.2) is 0 Å². The second-order valence-electron chi connectivity index (χ2n) is 3.94. The van der Waals surface area contributed by atoms with Crippen molar-refractivity contribution in [3.05, 3.63) is 30.3 Å². The molecule has 0 aromatic heterocycles. The number of rotatable bonds is 5. The van der Waals surface area contributed by atoms with E-state index < -0.39 is 0 Å². The number of methoxy groups -OCH3 is 3. The molecule has 0 bridgehead atoms. The Morgan fingerprint density at radius 1 is 0.944 bits per heavy atom. The molecule has 5 heteroatoms. The van der Waals surface area contributed by atoms with E-state index in [1.165, 1.54) is 4.46 Å². The molecule has 2 unspecified atom stereocenters. The molecule has 0 saturated carbocycles. The van der Waals surface area contributed by atoms with Gasteiger partial charge in [-0.2, -0.15) is 0 Å². The van der Waals surface area contributed by atoms with Crippen LogP contribution in [0.2, 0.25) is 4.82 Å². The monoisotopic (exact) mass is 318 g/mol. The molecule has 18 heavy (non-hydrogen) atoms. The molecule has 0 radical (unpaired) electrons. The van der Waals surface area contributed by atoms with Gasteiger partial charge >= 0.3 is 114 Å². The summed E-state index contributed by atoms with van der Waals surface area (Å²) in [5.74, 6) is 0. The fourth-order valence-corrected chi connectivity index (χ4v) is 4.70. The Morgan fingerprint density at radius 2 is 1.61 bits per heavy atom. The Hall–Kier alpha value is -0.421. The van der Waals surface area contributed by atoms with Crippen molar-refractivity contribution in [3.63, 3.8) is 0 Å². The average molecular weight is 317 g/mol. The minimum atomic E-state index is -0.351. The van der Waals surface area contributed by atoms with Crippen LogP contribution in [0.1, 0.15) is 0 Å². The van der Waals surface area contributed by atoms with Gasteiger partial charge in [-0.15, -0.1) is 0 Å². The maximum atomic E-state index is 5.69. The van der Waals surface area contributed by atoms with Crippen LogP contribution < -0.4 is 4.46 Å². The first-order valence-electron chi connectivity index (χ1n) is 5.75. The van der Waals surface area contributed by atoms with Crippen LogP contribution >= 0.6 is 0 Å². The Morgan fingerprint density at radius 3 is 2.17 bits per heavy atom. The van der Waals surface area contributed by atoms with Crippen molar-refractivity contribution >= 4 is 19.4 Å². The normalized spacial score (nSPS) is 31.7. The van der Waals surface area contributed by atoms with Crippen LogP contribution in [0.5, 0.6) is 0 Å². The van der Waals surface area contributed by atoms with Gasteiger partial charge in [0.1, 0.15) is 0 Å². The van der Waals surface area contributed by atoms with E-state index in [2.05, 4.69) is 12.1 Å². The minimum absolute atomic E-state index is 0.0832. The van der Waals surface area contributed by atoms with Crippen molar-refractivity contribution in [2.45, 2.75) is 23.5 Å². The number of hydrogen-bond acceptors (Lipinski definition) is 4. The summed E-state index contributed by atoms with van der Waals surface area (Å²) >= 11 is 0.218. The van der Waals surface area contributed by atoms with Crippen LogP contribution in [0.4, 0.5) is 0 Å². The Labute approximate surface area is 114 Å². The molecule has 1 aliphatic heterocycles. The molecule has 1 aromatic rings. The third-order valence-electron chi connectivity index (χ3n) is 2.88. The van der Waals surface area contributed by atoms with E-state index in [1.807, 2.05) is 18.2 Å². The van der Waals surface area contributed by atoms with Crippen LogP contribution in [-0.2, 0) is 18.9 Å². The molecule has 1 saturated heterocycles. The third kappa shape index (κ3) is 2.94. The predicted molar refractivity (Wildman–Crippen MR) is 69.1 cm³/mol. The fraction of sp³-hybridized carbons (Fsp3) is 0.538. The van der Waals surface area contributed by atoms with Gasteiger partial charge in [0.05, 0.1) is 0 Å². The molecule has 0 spiro atoms. The standard InChI is InChI=1S/C13H18O4Se/c1-14-10-11(13(16-3)17-12(10)15-2)18-9-7-5-4-6-8-9/h4-8,10-13H,1-3H3/t10-,11-,12?,13?/m0/s1. The van der Waals surface area contributed by atoms with Gasteiger partial charge in [-0.3, -0.25) is 0 Å². The van der Waals surface area contributed by atoms with Gasteiger partial charge in [0.15, 0.2) is 0 Å². The molecule has 2 rings (SSSR count). The molecule has 1 fully saturated rings. The summed E-state index contributed by atoms with van der Waals surface area (Å²) in [6.07, 6.45) is -0.698. The summed E-state index contributed by atoms with van der Waals surface area (Å²) in [6, 6.07) is 10.4. The van der Waals surface area contributed by atoms with Crippen molar-refractivity contribution in [3.8, 4) is 0 Å². The molecular weight excluding hydrogens is 299 g/mol. The van der Waals surface area contributed by atoms with Crippen molar-refractivity contribution in [1.82, 2.24) is 0 Å². The van der Waals surface area contributed by atoms with Crippen LogP contribution in [-0.4, -0.2) is 55.0 Å². The van der Waals surface area contributed by atoms with E-state index in [1.54, 1.807) is 21.3 Å². The molecule has 1 heterocycles. The predicted octanol–water partition coefficient (Wildman–Crippen LogP) is 0.795. The summed E-state index contributed by atoms with van der Waals surface area (Å²) in [6.45, 7) is 0. The number of hydrogen-bond donors (Lipinski definition) is 0. The zero-order valence-electron chi connectivity index (χ0n) is 10.7. The van der Waals surface area contributed by atoms with E-state index in [0.29, 0.717) is 0 Å². The van der Waals surface area contributed by atoms with Gasteiger partial charge in [0.25, 0.3) is 0 Å². The van der Waals surface area contributed by atoms with E-state index in [0.717, 1.165) is 0 Å². The average Bonchev–Trinajstić information content (AvgIpc) is 2.77. The first-order valence-corrected chi connectivity index (χ1v) is 7.60. The Balaban J connectivity index is 2.12. The van der Waals surface area contributed by atoms with Crippen molar-refractivity contribution in [2.75, 3.05) is 21.3 Å². The van der Waals surface area contributed by atoms with Crippen molar-refractivity contribution < 1.29 is 18.9 Å². The quantitative estimate of drug-likeness (QED) is 0.753. The summed E-state index contributed by atoms with van der Waals surface area (Å²) in [5.41, 5.74) is 0. The molecule has 4 atom stereocenters. The number of ether oxygens (including phenoxy) is 4. The van der Waals surface area contributed by atoms with Crippen molar-refractivity contribution in [1.29, 1.82) is 0 Å². The molecule has 1 aromatic carbocycles. The van der Waals surface area contributed by atoms with Gasteiger partial charge in [0.2, 0.25) is 0 Å². The molecular formula is C13H18O4Se. The SMILES string of the molecule is COC1OC(OC)[C@@H]([Se]c2ccccc2)[C@@H]1OC. The van der Waals surface area contributed by atoms with Crippen molar-refractivity contribution in [2.24, 2.45) is 0 Å². The summed E-state index contributed by atoms with van der Waals surface area (Å²) in [5, 5.41) is 0. The first-order chi connectivity index (χ1) is 8.80. The van der Waals surface area contributed by atoms with Crippen LogP contribution in [0.3, 0.4) is 0 Å². The van der Waals surface area contributed by atoms with E-state index in [9.17, 15) is 0 Å². The Bertz CT molecular complexity index is 359. The first kappa shape index (κ1) is 14.0. The summed E-state index contributed by atoms with van der Waals surface area (Å²) in [7, 11) is 4.97. The molecule has 4 nitrogen and oxygen atoms in total. The number of benzene rings is 1. The van der Waals surface area contributed by atoms with E-state index >= 15 is 0 Å². The zero-order valence-corrected chi connectivity index (χ0v) is 12.5. The maximum absolute atomic E-state index is 5.69. The summed E-state index contributed by atoms with van der Waals surface area (Å²) < 4.78 is 23.2. The third-order valence-corrected chi connectivity index (χ3v) is 5.62. The van der Waals surface area contributed by atoms with Gasteiger partial charge in [0, 0.05) is 0 Å². The summed E-state index contributed by atoms with van der Waals surface area (Å²) in [4.78, 5) is 0.194. The molecule has 0 aliphatic carbocycles. The van der Waals surface area contributed by atoms with E-state index in [4.69, 9.17) is 18.9 Å². The van der Waals surface area contributed by atoms with Crippen LogP contribution in [0.25, 0.3) is 0 Å². The fourth-order valence-electron chi connectivity index (χ4n) is 2.00. The second kappa shape index (κ2) is 6.66. The second-order valence-corrected chi connectivity index (χ2v) is 6.57. The molecule has 0 amide bonds. The van der Waals surface area contributed by atoms with Gasteiger partial charge in [-0.05, 0) is 0 Å². The van der Waals surface area contributed by atoms with Gasteiger partial charge < -0.3 is 0 Å². The molecule has 0 N–H and O–H groups in total. The van der Waals surface area contributed by atoms with Crippen LogP contribution in [0, 0.1) is 0 Å². The molecule has 1 aliphatic rings. The molecule has 100 valence electrons. The van der Waals surface area contributed by atoms with Crippen LogP contribution in [0.15, 0.2) is 30.3 Å². The zero-order chi connectivity index (χ0) is 13.0. The Kier molecular flexibility index (Phi) is 5.18. The van der Waals surface area contributed by atoms with E-state index in [-0.39, 0.29) is 38.5 Å².